The minimum absolute atomic E-state index is 0. The van der Waals surface area contributed by atoms with Crippen LogP contribution in [0.1, 0.15) is 57.2 Å². The number of aliphatic imine (C=N–C) groups is 1. The van der Waals surface area contributed by atoms with Gasteiger partial charge in [0, 0.05) is 26.3 Å². The molecular weight excluding hydrogens is 413 g/mol. The summed E-state index contributed by atoms with van der Waals surface area (Å²) in [6.45, 7) is 8.36. The second-order valence-electron chi connectivity index (χ2n) is 6.25. The summed E-state index contributed by atoms with van der Waals surface area (Å²) in [5, 5.41) is 8.07. The average molecular weight is 445 g/mol. The lowest BCUT2D eigenvalue weighted by molar-refractivity contribution is 0.460. The normalized spacial score (nSPS) is 15.2. The molecule has 24 heavy (non-hydrogen) atoms. The summed E-state index contributed by atoms with van der Waals surface area (Å²) in [4.78, 5) is 6.91. The summed E-state index contributed by atoms with van der Waals surface area (Å²) in [5.74, 6) is 0.951. The van der Waals surface area contributed by atoms with Crippen LogP contribution < -0.4 is 5.32 Å². The zero-order valence-electron chi connectivity index (χ0n) is 15.1. The van der Waals surface area contributed by atoms with E-state index in [0.717, 1.165) is 37.6 Å². The highest BCUT2D eigenvalue weighted by Crippen LogP contribution is 2.28. The molecule has 0 atom stereocenters. The van der Waals surface area contributed by atoms with Crippen molar-refractivity contribution in [2.45, 2.75) is 58.0 Å². The highest BCUT2D eigenvalue weighted by Gasteiger charge is 2.17. The first-order valence-corrected chi connectivity index (χ1v) is 8.89. The Kier molecular flexibility index (Phi) is 10.1. The Morgan fingerprint density at radius 1 is 1.50 bits per heavy atom. The molecular formula is C18H32IN5. The van der Waals surface area contributed by atoms with E-state index < -0.39 is 0 Å². The van der Waals surface area contributed by atoms with Gasteiger partial charge >= 0.3 is 0 Å². The van der Waals surface area contributed by atoms with Gasteiger partial charge in [0.2, 0.25) is 0 Å². The van der Waals surface area contributed by atoms with E-state index in [9.17, 15) is 0 Å². The number of aromatic nitrogens is 2. The summed E-state index contributed by atoms with van der Waals surface area (Å²) < 4.78 is 2.14. The number of halogens is 1. The van der Waals surface area contributed by atoms with Gasteiger partial charge in [-0.1, -0.05) is 18.9 Å². The Labute approximate surface area is 163 Å². The maximum atomic E-state index is 4.73. The third kappa shape index (κ3) is 6.45. The molecule has 1 aliphatic carbocycles. The smallest absolute Gasteiger partial charge is 0.194 e. The number of hydrogen-bond acceptors (Lipinski definition) is 2. The van der Waals surface area contributed by atoms with Crippen molar-refractivity contribution in [1.29, 1.82) is 0 Å². The first-order valence-electron chi connectivity index (χ1n) is 8.89. The van der Waals surface area contributed by atoms with Crippen LogP contribution in [-0.4, -0.2) is 40.8 Å². The molecule has 136 valence electrons. The molecule has 0 bridgehead atoms. The highest BCUT2D eigenvalue weighted by molar-refractivity contribution is 14.0. The number of hydrogen-bond donors (Lipinski definition) is 1. The largest absolute Gasteiger partial charge is 0.357 e. The predicted molar refractivity (Wildman–Crippen MR) is 112 cm³/mol. The summed E-state index contributed by atoms with van der Waals surface area (Å²) in [6, 6.07) is 2.70. The molecule has 1 aromatic heterocycles. The standard InChI is InChI=1S/C18H31N5.HI/c1-4-6-9-13-22(3)18(19-5-2)20-15-16-12-14-23(21-16)17-10-7-8-11-17;/h4,12,14,17H,1,5-11,13,15H2,2-3H3,(H,19,20);1H. The summed E-state index contributed by atoms with van der Waals surface area (Å²) in [5.41, 5.74) is 1.05. The molecule has 1 aliphatic rings. The molecule has 1 fully saturated rings. The van der Waals surface area contributed by atoms with E-state index in [0.29, 0.717) is 12.6 Å². The zero-order valence-corrected chi connectivity index (χ0v) is 17.4. The number of rotatable bonds is 8. The number of guanidine groups is 1. The molecule has 0 unspecified atom stereocenters. The van der Waals surface area contributed by atoms with E-state index in [-0.39, 0.29) is 24.0 Å². The Balaban J connectivity index is 0.00000288. The van der Waals surface area contributed by atoms with E-state index in [1.54, 1.807) is 0 Å². The van der Waals surface area contributed by atoms with Crippen molar-refractivity contribution in [2.24, 2.45) is 4.99 Å². The maximum Gasteiger partial charge on any atom is 0.194 e. The van der Waals surface area contributed by atoms with E-state index >= 15 is 0 Å². The van der Waals surface area contributed by atoms with Crippen LogP contribution in [0.4, 0.5) is 0 Å². The van der Waals surface area contributed by atoms with E-state index in [2.05, 4.69) is 47.7 Å². The van der Waals surface area contributed by atoms with Crippen molar-refractivity contribution in [3.63, 3.8) is 0 Å². The molecule has 0 amide bonds. The van der Waals surface area contributed by atoms with Crippen molar-refractivity contribution in [3.05, 3.63) is 30.6 Å². The number of nitrogens with zero attached hydrogens (tertiary/aromatic N) is 4. The van der Waals surface area contributed by atoms with Crippen LogP contribution in [0.2, 0.25) is 0 Å². The van der Waals surface area contributed by atoms with Crippen LogP contribution in [0.5, 0.6) is 0 Å². The minimum Gasteiger partial charge on any atom is -0.357 e. The lowest BCUT2D eigenvalue weighted by atomic mass is 10.3. The minimum atomic E-state index is 0. The molecule has 5 nitrogen and oxygen atoms in total. The fraction of sp³-hybridized carbons (Fsp3) is 0.667. The van der Waals surface area contributed by atoms with Crippen molar-refractivity contribution < 1.29 is 0 Å². The fourth-order valence-electron chi connectivity index (χ4n) is 3.04. The number of unbranched alkanes of at least 4 members (excludes halogenated alkanes) is 1. The van der Waals surface area contributed by atoms with E-state index in [1.807, 2.05) is 6.08 Å². The Bertz CT molecular complexity index is 505. The first-order chi connectivity index (χ1) is 11.2. The van der Waals surface area contributed by atoms with Gasteiger partial charge in [0.1, 0.15) is 0 Å². The van der Waals surface area contributed by atoms with E-state index in [4.69, 9.17) is 10.1 Å². The number of allylic oxidation sites excluding steroid dienone is 1. The monoisotopic (exact) mass is 445 g/mol. The van der Waals surface area contributed by atoms with Crippen LogP contribution >= 0.6 is 24.0 Å². The second kappa shape index (κ2) is 11.5. The van der Waals surface area contributed by atoms with Crippen molar-refractivity contribution in [2.75, 3.05) is 20.1 Å². The van der Waals surface area contributed by atoms with Gasteiger partial charge in [0.25, 0.3) is 0 Å². The fourth-order valence-corrected chi connectivity index (χ4v) is 3.04. The molecule has 1 N–H and O–H groups in total. The Morgan fingerprint density at radius 3 is 2.92 bits per heavy atom. The van der Waals surface area contributed by atoms with Gasteiger partial charge in [-0.3, -0.25) is 4.68 Å². The molecule has 0 aromatic carbocycles. The van der Waals surface area contributed by atoms with Crippen LogP contribution in [0.25, 0.3) is 0 Å². The molecule has 0 radical (unpaired) electrons. The van der Waals surface area contributed by atoms with Crippen LogP contribution in [0.3, 0.4) is 0 Å². The molecule has 1 saturated carbocycles. The van der Waals surface area contributed by atoms with Gasteiger partial charge in [-0.05, 0) is 38.7 Å². The lowest BCUT2D eigenvalue weighted by Gasteiger charge is -2.21. The van der Waals surface area contributed by atoms with Crippen molar-refractivity contribution in [3.8, 4) is 0 Å². The molecule has 1 heterocycles. The summed E-state index contributed by atoms with van der Waals surface area (Å²) in [7, 11) is 2.09. The van der Waals surface area contributed by atoms with Crippen molar-refractivity contribution >= 4 is 29.9 Å². The molecule has 6 heteroatoms. The van der Waals surface area contributed by atoms with Crippen molar-refractivity contribution in [1.82, 2.24) is 20.0 Å². The van der Waals surface area contributed by atoms with E-state index in [1.165, 1.54) is 25.7 Å². The van der Waals surface area contributed by atoms with Crippen LogP contribution in [-0.2, 0) is 6.54 Å². The predicted octanol–water partition coefficient (Wildman–Crippen LogP) is 3.98. The van der Waals surface area contributed by atoms with Gasteiger partial charge in [-0.15, -0.1) is 30.6 Å². The van der Waals surface area contributed by atoms with Gasteiger partial charge in [0.05, 0.1) is 18.3 Å². The highest BCUT2D eigenvalue weighted by atomic mass is 127. The maximum absolute atomic E-state index is 4.73. The summed E-state index contributed by atoms with van der Waals surface area (Å²) >= 11 is 0. The van der Waals surface area contributed by atoms with Crippen LogP contribution in [0, 0.1) is 0 Å². The Hall–Kier alpha value is -1.05. The molecule has 2 rings (SSSR count). The first kappa shape index (κ1) is 21.0. The Morgan fingerprint density at radius 2 is 2.25 bits per heavy atom. The lowest BCUT2D eigenvalue weighted by Crippen LogP contribution is -2.39. The zero-order chi connectivity index (χ0) is 16.5. The third-order valence-electron chi connectivity index (χ3n) is 4.35. The van der Waals surface area contributed by atoms with Gasteiger partial charge in [-0.25, -0.2) is 4.99 Å². The molecule has 0 aliphatic heterocycles. The van der Waals surface area contributed by atoms with Gasteiger partial charge in [-0.2, -0.15) is 5.10 Å². The van der Waals surface area contributed by atoms with Gasteiger partial charge in [0.15, 0.2) is 5.96 Å². The second-order valence-corrected chi connectivity index (χ2v) is 6.25. The molecule has 1 aromatic rings. The average Bonchev–Trinajstić information content (AvgIpc) is 3.22. The number of nitrogens with one attached hydrogen (secondary N) is 1. The molecule has 0 saturated heterocycles. The van der Waals surface area contributed by atoms with Gasteiger partial charge < -0.3 is 10.2 Å². The third-order valence-corrected chi connectivity index (χ3v) is 4.35. The SMILES string of the molecule is C=CCCCN(C)C(=NCc1ccn(C2CCCC2)n1)NCC.I. The topological polar surface area (TPSA) is 45.5 Å². The molecule has 0 spiro atoms. The van der Waals surface area contributed by atoms with Crippen LogP contribution in [0.15, 0.2) is 29.9 Å². The quantitative estimate of drug-likeness (QED) is 0.217. The summed E-state index contributed by atoms with van der Waals surface area (Å²) in [6.07, 6.45) is 11.4.